The molecule has 0 saturated heterocycles. The third-order valence-corrected chi connectivity index (χ3v) is 2.39. The van der Waals surface area contributed by atoms with E-state index in [1.165, 1.54) is 12.8 Å². The molecule has 0 fully saturated rings. The number of rotatable bonds is 6. The molecule has 0 saturated carbocycles. The van der Waals surface area contributed by atoms with Crippen LogP contribution in [0.25, 0.3) is 0 Å². The van der Waals surface area contributed by atoms with E-state index in [0.717, 1.165) is 19.3 Å². The number of allylic oxidation sites excluding steroid dienone is 1. The van der Waals surface area contributed by atoms with Crippen LogP contribution in [0.3, 0.4) is 0 Å². The Morgan fingerprint density at radius 1 is 1.23 bits per heavy atom. The third-order valence-electron chi connectivity index (χ3n) is 2.39. The molecule has 0 aliphatic heterocycles. The van der Waals surface area contributed by atoms with Gasteiger partial charge in [-0.2, -0.15) is 0 Å². The normalized spacial score (nSPS) is 14.2. The first-order valence-corrected chi connectivity index (χ1v) is 5.27. The summed E-state index contributed by atoms with van der Waals surface area (Å²) in [4.78, 5) is 0. The minimum Gasteiger partial charge on any atom is -0.393 e. The van der Waals surface area contributed by atoms with E-state index in [2.05, 4.69) is 27.4 Å². The van der Waals surface area contributed by atoms with Gasteiger partial charge in [-0.25, -0.2) is 0 Å². The molecule has 0 aromatic heterocycles. The van der Waals surface area contributed by atoms with Crippen LogP contribution in [-0.4, -0.2) is 11.2 Å². The van der Waals surface area contributed by atoms with Crippen LogP contribution in [0.4, 0.5) is 0 Å². The maximum Gasteiger partial charge on any atom is 0.0588 e. The fourth-order valence-corrected chi connectivity index (χ4v) is 1.24. The van der Waals surface area contributed by atoms with Crippen LogP contribution in [0.2, 0.25) is 0 Å². The minimum absolute atomic E-state index is 0.0401. The van der Waals surface area contributed by atoms with Crippen molar-refractivity contribution in [2.45, 2.75) is 59.0 Å². The van der Waals surface area contributed by atoms with Gasteiger partial charge < -0.3 is 5.11 Å². The fraction of sp³-hybridized carbons (Fsp3) is 0.833. The maximum absolute atomic E-state index is 9.72. The summed E-state index contributed by atoms with van der Waals surface area (Å²) in [7, 11) is 0. The zero-order valence-electron chi connectivity index (χ0n) is 9.34. The molecule has 0 spiro atoms. The summed E-state index contributed by atoms with van der Waals surface area (Å²) in [6.07, 6.45) is 7.38. The molecule has 0 amide bonds. The lowest BCUT2D eigenvalue weighted by atomic mass is 9.86. The molecule has 1 nitrogen and oxygen atoms in total. The predicted octanol–water partition coefficient (Wildman–Crippen LogP) is 3.53. The fourth-order valence-electron chi connectivity index (χ4n) is 1.24. The molecule has 1 N–H and O–H groups in total. The molecular formula is C12H24O. The van der Waals surface area contributed by atoms with Crippen LogP contribution in [0.5, 0.6) is 0 Å². The molecule has 1 atom stereocenters. The van der Waals surface area contributed by atoms with Crippen molar-refractivity contribution in [3.05, 3.63) is 12.7 Å². The molecular weight excluding hydrogens is 160 g/mol. The van der Waals surface area contributed by atoms with E-state index in [1.807, 2.05) is 6.08 Å². The Labute approximate surface area is 82.9 Å². The van der Waals surface area contributed by atoms with E-state index < -0.39 is 0 Å². The average molecular weight is 184 g/mol. The first-order chi connectivity index (χ1) is 5.98. The van der Waals surface area contributed by atoms with Gasteiger partial charge in [0.2, 0.25) is 0 Å². The predicted molar refractivity (Wildman–Crippen MR) is 58.7 cm³/mol. The molecule has 0 bridgehead atoms. The first-order valence-electron chi connectivity index (χ1n) is 5.27. The summed E-state index contributed by atoms with van der Waals surface area (Å²) >= 11 is 0. The number of hydrogen-bond acceptors (Lipinski definition) is 1. The molecule has 78 valence electrons. The second-order valence-electron chi connectivity index (χ2n) is 4.81. The monoisotopic (exact) mass is 184 g/mol. The highest BCUT2D eigenvalue weighted by Crippen LogP contribution is 2.23. The number of unbranched alkanes of at least 4 members (excludes halogenated alkanes) is 3. The summed E-state index contributed by atoms with van der Waals surface area (Å²) in [6.45, 7) is 9.94. The third kappa shape index (κ3) is 6.83. The van der Waals surface area contributed by atoms with Crippen molar-refractivity contribution in [3.63, 3.8) is 0 Å². The largest absolute Gasteiger partial charge is 0.393 e. The van der Waals surface area contributed by atoms with Gasteiger partial charge >= 0.3 is 0 Å². The Kier molecular flexibility index (Phi) is 6.06. The van der Waals surface area contributed by atoms with Crippen molar-refractivity contribution in [2.24, 2.45) is 5.41 Å². The van der Waals surface area contributed by atoms with Crippen molar-refractivity contribution in [1.82, 2.24) is 0 Å². The van der Waals surface area contributed by atoms with E-state index >= 15 is 0 Å². The lowest BCUT2D eigenvalue weighted by Gasteiger charge is -2.25. The Bertz CT molecular complexity index is 133. The van der Waals surface area contributed by atoms with Gasteiger partial charge in [0.1, 0.15) is 0 Å². The lowest BCUT2D eigenvalue weighted by molar-refractivity contribution is 0.0534. The van der Waals surface area contributed by atoms with Crippen LogP contribution >= 0.6 is 0 Å². The first kappa shape index (κ1) is 12.7. The summed E-state index contributed by atoms with van der Waals surface area (Å²) < 4.78 is 0. The molecule has 13 heavy (non-hydrogen) atoms. The Balaban J connectivity index is 3.37. The number of hydrogen-bond donors (Lipinski definition) is 1. The van der Waals surface area contributed by atoms with Crippen molar-refractivity contribution >= 4 is 0 Å². The van der Waals surface area contributed by atoms with Crippen LogP contribution in [0.15, 0.2) is 12.7 Å². The van der Waals surface area contributed by atoms with Crippen LogP contribution in [-0.2, 0) is 0 Å². The lowest BCUT2D eigenvalue weighted by Crippen LogP contribution is -2.25. The summed E-state index contributed by atoms with van der Waals surface area (Å²) in [6, 6.07) is 0. The summed E-state index contributed by atoms with van der Waals surface area (Å²) in [5.41, 5.74) is 0.0401. The highest BCUT2D eigenvalue weighted by Gasteiger charge is 2.20. The van der Waals surface area contributed by atoms with Gasteiger partial charge in [0.15, 0.2) is 0 Å². The molecule has 0 aliphatic rings. The van der Waals surface area contributed by atoms with E-state index in [4.69, 9.17) is 0 Å². The van der Waals surface area contributed by atoms with Crippen molar-refractivity contribution in [1.29, 1.82) is 0 Å². The van der Waals surface area contributed by atoms with E-state index in [-0.39, 0.29) is 11.5 Å². The standard InChI is InChI=1S/C12H24O/c1-5-6-7-8-9-10-11(13)12(2,3)4/h5,11,13H,1,6-10H2,2-4H3. The Morgan fingerprint density at radius 2 is 1.85 bits per heavy atom. The molecule has 1 unspecified atom stereocenters. The Hall–Kier alpha value is -0.300. The maximum atomic E-state index is 9.72. The highest BCUT2D eigenvalue weighted by molar-refractivity contribution is 4.72. The van der Waals surface area contributed by atoms with Crippen molar-refractivity contribution in [2.75, 3.05) is 0 Å². The quantitative estimate of drug-likeness (QED) is 0.494. The number of aliphatic hydroxyl groups is 1. The summed E-state index contributed by atoms with van der Waals surface area (Å²) in [5, 5.41) is 9.72. The van der Waals surface area contributed by atoms with Gasteiger partial charge in [0.25, 0.3) is 0 Å². The van der Waals surface area contributed by atoms with Gasteiger partial charge in [0, 0.05) is 0 Å². The van der Waals surface area contributed by atoms with E-state index in [1.54, 1.807) is 0 Å². The van der Waals surface area contributed by atoms with Crippen LogP contribution in [0.1, 0.15) is 52.9 Å². The Morgan fingerprint density at radius 3 is 2.31 bits per heavy atom. The molecule has 1 heteroatoms. The van der Waals surface area contributed by atoms with Crippen LogP contribution in [0, 0.1) is 5.41 Å². The highest BCUT2D eigenvalue weighted by atomic mass is 16.3. The van der Waals surface area contributed by atoms with Gasteiger partial charge in [0.05, 0.1) is 6.10 Å². The van der Waals surface area contributed by atoms with Gasteiger partial charge in [-0.1, -0.05) is 39.7 Å². The molecule has 0 heterocycles. The van der Waals surface area contributed by atoms with E-state index in [0.29, 0.717) is 0 Å². The topological polar surface area (TPSA) is 20.2 Å². The molecule has 0 aromatic carbocycles. The number of aliphatic hydroxyl groups excluding tert-OH is 1. The minimum atomic E-state index is -0.156. The van der Waals surface area contributed by atoms with E-state index in [9.17, 15) is 5.11 Å². The molecule has 0 rings (SSSR count). The van der Waals surface area contributed by atoms with Gasteiger partial charge in [-0.3, -0.25) is 0 Å². The second kappa shape index (κ2) is 6.20. The smallest absolute Gasteiger partial charge is 0.0588 e. The van der Waals surface area contributed by atoms with Crippen molar-refractivity contribution < 1.29 is 5.11 Å². The average Bonchev–Trinajstić information content (AvgIpc) is 2.02. The summed E-state index contributed by atoms with van der Waals surface area (Å²) in [5.74, 6) is 0. The second-order valence-corrected chi connectivity index (χ2v) is 4.81. The van der Waals surface area contributed by atoms with Gasteiger partial charge in [-0.05, 0) is 24.7 Å². The molecule has 0 radical (unpaired) electrons. The molecule has 0 aliphatic carbocycles. The van der Waals surface area contributed by atoms with Crippen molar-refractivity contribution in [3.8, 4) is 0 Å². The molecule has 0 aromatic rings. The zero-order valence-corrected chi connectivity index (χ0v) is 9.34. The zero-order chi connectivity index (χ0) is 10.3. The SMILES string of the molecule is C=CCCCCCC(O)C(C)(C)C. The van der Waals surface area contributed by atoms with Crippen LogP contribution < -0.4 is 0 Å². The van der Waals surface area contributed by atoms with Gasteiger partial charge in [-0.15, -0.1) is 6.58 Å².